The first-order valence-electron chi connectivity index (χ1n) is 8.58. The third-order valence-electron chi connectivity index (χ3n) is 4.58. The number of carboxylic acids is 2. The molecule has 28 heavy (non-hydrogen) atoms. The molecule has 0 atom stereocenters. The fourth-order valence-electron chi connectivity index (χ4n) is 3.30. The van der Waals surface area contributed by atoms with E-state index in [0.717, 1.165) is 16.3 Å². The number of hydrogen-bond donors (Lipinski definition) is 2. The van der Waals surface area contributed by atoms with Crippen LogP contribution in [0.3, 0.4) is 0 Å². The summed E-state index contributed by atoms with van der Waals surface area (Å²) in [6.07, 6.45) is 0. The minimum atomic E-state index is -1.09. The van der Waals surface area contributed by atoms with E-state index in [2.05, 4.69) is 11.8 Å². The molecule has 0 unspecified atom stereocenters. The highest BCUT2D eigenvalue weighted by Gasteiger charge is 2.14. The molecule has 4 nitrogen and oxygen atoms in total. The molecule has 2 N–H and O–H groups in total. The van der Waals surface area contributed by atoms with Crippen molar-refractivity contribution in [2.24, 2.45) is 0 Å². The van der Waals surface area contributed by atoms with Crippen molar-refractivity contribution in [2.75, 3.05) is 0 Å². The normalized spacial score (nSPS) is 10.4. The fraction of sp³-hybridized carbons (Fsp3) is 0. The molecule has 4 aromatic carbocycles. The summed E-state index contributed by atoms with van der Waals surface area (Å²) in [5.74, 6) is 3.93. The van der Waals surface area contributed by atoms with Crippen LogP contribution in [-0.2, 0) is 0 Å². The molecule has 0 amide bonds. The Balaban J connectivity index is 1.99. The van der Waals surface area contributed by atoms with Crippen LogP contribution in [0.15, 0.2) is 72.8 Å². The summed E-state index contributed by atoms with van der Waals surface area (Å²) in [5, 5.41) is 22.0. The average Bonchev–Trinajstić information content (AvgIpc) is 2.71. The van der Waals surface area contributed by atoms with Crippen molar-refractivity contribution in [1.82, 2.24) is 0 Å². The molecule has 0 aliphatic heterocycles. The monoisotopic (exact) mass is 366 g/mol. The molecule has 0 saturated carbocycles. The molecule has 0 aliphatic rings. The Hall–Kier alpha value is -4.10. The van der Waals surface area contributed by atoms with E-state index in [-0.39, 0.29) is 11.1 Å². The van der Waals surface area contributed by atoms with Gasteiger partial charge in [-0.05, 0) is 40.4 Å². The Morgan fingerprint density at radius 3 is 2.14 bits per heavy atom. The summed E-state index contributed by atoms with van der Waals surface area (Å²) in [5.41, 5.74) is 1.33. The molecule has 4 rings (SSSR count). The lowest BCUT2D eigenvalue weighted by molar-refractivity contribution is 0.0688. The van der Waals surface area contributed by atoms with Crippen molar-refractivity contribution in [2.45, 2.75) is 0 Å². The number of carboxylic acid groups (broad SMARTS) is 2. The van der Waals surface area contributed by atoms with Gasteiger partial charge in [-0.25, -0.2) is 9.59 Å². The van der Waals surface area contributed by atoms with Gasteiger partial charge in [-0.3, -0.25) is 0 Å². The molecule has 0 radical (unpaired) electrons. The Morgan fingerprint density at radius 1 is 0.679 bits per heavy atom. The zero-order valence-corrected chi connectivity index (χ0v) is 14.6. The molecule has 4 heteroatoms. The molecule has 134 valence electrons. The largest absolute Gasteiger partial charge is 0.478 e. The van der Waals surface area contributed by atoms with E-state index >= 15 is 0 Å². The molecular weight excluding hydrogens is 352 g/mol. The molecule has 0 fully saturated rings. The number of rotatable bonds is 2. The van der Waals surface area contributed by atoms with Crippen LogP contribution in [0.4, 0.5) is 0 Å². The van der Waals surface area contributed by atoms with E-state index < -0.39 is 11.9 Å². The average molecular weight is 366 g/mol. The highest BCUT2D eigenvalue weighted by Crippen LogP contribution is 2.25. The number of aromatic carboxylic acids is 2. The third kappa shape index (κ3) is 3.06. The molecule has 0 bridgehead atoms. The van der Waals surface area contributed by atoms with Gasteiger partial charge in [0, 0.05) is 16.5 Å². The van der Waals surface area contributed by atoms with Crippen LogP contribution in [0.25, 0.3) is 21.5 Å². The van der Waals surface area contributed by atoms with Crippen LogP contribution < -0.4 is 0 Å². The van der Waals surface area contributed by atoms with Gasteiger partial charge in [0.2, 0.25) is 0 Å². The van der Waals surface area contributed by atoms with Crippen LogP contribution in [0.5, 0.6) is 0 Å². The summed E-state index contributed by atoms with van der Waals surface area (Å²) >= 11 is 0. The van der Waals surface area contributed by atoms with Crippen molar-refractivity contribution < 1.29 is 19.8 Å². The standard InChI is InChI=1S/C24H14O4/c25-23(26)19-13-17-8-4-10-21(24(27)28)22(17)18(14-19)12-11-16-7-3-6-15-5-1-2-9-20(15)16/h1-10,13-14H,(H,25,26)(H,27,28). The van der Waals surface area contributed by atoms with Gasteiger partial charge >= 0.3 is 11.9 Å². The molecule has 0 heterocycles. The molecule has 0 spiro atoms. The maximum absolute atomic E-state index is 11.7. The molecular formula is C24H14O4. The molecule has 0 aliphatic carbocycles. The van der Waals surface area contributed by atoms with Gasteiger partial charge in [-0.2, -0.15) is 0 Å². The maximum atomic E-state index is 11.7. The van der Waals surface area contributed by atoms with E-state index in [9.17, 15) is 19.8 Å². The molecule has 0 aromatic heterocycles. The predicted octanol–water partition coefficient (Wildman–Crippen LogP) is 4.79. The smallest absolute Gasteiger partial charge is 0.336 e. The van der Waals surface area contributed by atoms with Crippen molar-refractivity contribution in [1.29, 1.82) is 0 Å². The third-order valence-corrected chi connectivity index (χ3v) is 4.58. The van der Waals surface area contributed by atoms with E-state index in [1.54, 1.807) is 12.1 Å². The second-order valence-electron chi connectivity index (χ2n) is 6.31. The van der Waals surface area contributed by atoms with E-state index in [0.29, 0.717) is 16.3 Å². The van der Waals surface area contributed by atoms with Crippen LogP contribution in [-0.4, -0.2) is 22.2 Å². The summed E-state index contributed by atoms with van der Waals surface area (Å²) in [4.78, 5) is 23.2. The van der Waals surface area contributed by atoms with Gasteiger partial charge < -0.3 is 10.2 Å². The van der Waals surface area contributed by atoms with Crippen molar-refractivity contribution in [3.8, 4) is 11.8 Å². The van der Waals surface area contributed by atoms with Crippen LogP contribution >= 0.6 is 0 Å². The first-order chi connectivity index (χ1) is 13.5. The Bertz CT molecular complexity index is 1320. The zero-order valence-electron chi connectivity index (χ0n) is 14.6. The van der Waals surface area contributed by atoms with E-state index in [1.807, 2.05) is 42.5 Å². The fourth-order valence-corrected chi connectivity index (χ4v) is 3.30. The van der Waals surface area contributed by atoms with Gasteiger partial charge in [-0.15, -0.1) is 0 Å². The molecule has 0 saturated heterocycles. The quantitative estimate of drug-likeness (QED) is 0.500. The van der Waals surface area contributed by atoms with Crippen molar-refractivity contribution in [3.05, 3.63) is 95.1 Å². The lowest BCUT2D eigenvalue weighted by Crippen LogP contribution is -2.02. The summed E-state index contributed by atoms with van der Waals surface area (Å²) in [6, 6.07) is 21.3. The van der Waals surface area contributed by atoms with E-state index in [4.69, 9.17) is 0 Å². The summed E-state index contributed by atoms with van der Waals surface area (Å²) < 4.78 is 0. The minimum Gasteiger partial charge on any atom is -0.478 e. The van der Waals surface area contributed by atoms with Gasteiger partial charge in [0.05, 0.1) is 11.1 Å². The minimum absolute atomic E-state index is 0.0669. The Labute approximate surface area is 160 Å². The number of benzene rings is 4. The van der Waals surface area contributed by atoms with E-state index in [1.165, 1.54) is 18.2 Å². The number of fused-ring (bicyclic) bond motifs is 2. The SMILES string of the molecule is O=C(O)c1cc(C#Cc2cccc3ccccc23)c2c(C(=O)O)cccc2c1. The topological polar surface area (TPSA) is 74.6 Å². The lowest BCUT2D eigenvalue weighted by Gasteiger charge is -2.07. The summed E-state index contributed by atoms with van der Waals surface area (Å²) in [7, 11) is 0. The Kier molecular flexibility index (Phi) is 4.27. The summed E-state index contributed by atoms with van der Waals surface area (Å²) in [6.45, 7) is 0. The highest BCUT2D eigenvalue weighted by molar-refractivity contribution is 6.08. The van der Waals surface area contributed by atoms with Gasteiger partial charge in [0.1, 0.15) is 0 Å². The first kappa shape index (κ1) is 17.3. The zero-order chi connectivity index (χ0) is 19.7. The highest BCUT2D eigenvalue weighted by atomic mass is 16.4. The van der Waals surface area contributed by atoms with Gasteiger partial charge in [0.15, 0.2) is 0 Å². The number of hydrogen-bond acceptors (Lipinski definition) is 2. The van der Waals surface area contributed by atoms with Gasteiger partial charge in [0.25, 0.3) is 0 Å². The van der Waals surface area contributed by atoms with Crippen LogP contribution in [0, 0.1) is 11.8 Å². The lowest BCUT2D eigenvalue weighted by atomic mass is 9.96. The first-order valence-corrected chi connectivity index (χ1v) is 8.58. The van der Waals surface area contributed by atoms with Crippen LogP contribution in [0.1, 0.15) is 31.8 Å². The second-order valence-corrected chi connectivity index (χ2v) is 6.31. The van der Waals surface area contributed by atoms with Crippen LogP contribution in [0.2, 0.25) is 0 Å². The maximum Gasteiger partial charge on any atom is 0.336 e. The van der Waals surface area contributed by atoms with Crippen molar-refractivity contribution in [3.63, 3.8) is 0 Å². The van der Waals surface area contributed by atoms with Crippen molar-refractivity contribution >= 4 is 33.5 Å². The Morgan fingerprint density at radius 2 is 1.36 bits per heavy atom. The second kappa shape index (κ2) is 6.90. The van der Waals surface area contributed by atoms with Gasteiger partial charge in [-0.1, -0.05) is 60.4 Å². The number of carbonyl (C=O) groups is 2. The molecule has 4 aromatic rings. The predicted molar refractivity (Wildman–Crippen MR) is 108 cm³/mol.